The van der Waals surface area contributed by atoms with Crippen molar-refractivity contribution in [2.45, 2.75) is 6.54 Å². The molecule has 0 bridgehead atoms. The molecule has 1 aliphatic heterocycles. The SMILES string of the molecule is COC(=O)COc1ccc(/C=C2/SC(=O)N(Cc3ccccc3Cl)C2=O)cc1Br. The fourth-order valence-electron chi connectivity index (χ4n) is 2.50. The molecule has 3 rings (SSSR count). The quantitative estimate of drug-likeness (QED) is 0.419. The Morgan fingerprint density at radius 1 is 1.24 bits per heavy atom. The first-order chi connectivity index (χ1) is 13.9. The molecule has 2 aromatic rings. The summed E-state index contributed by atoms with van der Waals surface area (Å²) in [5.41, 5.74) is 1.40. The zero-order valence-corrected chi connectivity index (χ0v) is 18.3. The van der Waals surface area contributed by atoms with Gasteiger partial charge in [0.25, 0.3) is 11.1 Å². The van der Waals surface area contributed by atoms with Gasteiger partial charge < -0.3 is 9.47 Å². The summed E-state index contributed by atoms with van der Waals surface area (Å²) in [6, 6.07) is 12.2. The third kappa shape index (κ3) is 5.20. The monoisotopic (exact) mass is 495 g/mol. The largest absolute Gasteiger partial charge is 0.481 e. The van der Waals surface area contributed by atoms with Gasteiger partial charge in [0.2, 0.25) is 0 Å². The molecule has 29 heavy (non-hydrogen) atoms. The van der Waals surface area contributed by atoms with Gasteiger partial charge in [0.05, 0.1) is 23.0 Å². The molecule has 2 amide bonds. The number of nitrogens with zero attached hydrogens (tertiary/aromatic N) is 1. The number of carbonyl (C=O) groups is 3. The van der Waals surface area contributed by atoms with Gasteiger partial charge in [-0.2, -0.15) is 0 Å². The van der Waals surface area contributed by atoms with Crippen LogP contribution in [0.5, 0.6) is 5.75 Å². The van der Waals surface area contributed by atoms with E-state index in [2.05, 4.69) is 20.7 Å². The second kappa shape index (κ2) is 9.47. The maximum absolute atomic E-state index is 12.7. The van der Waals surface area contributed by atoms with E-state index in [4.69, 9.17) is 16.3 Å². The summed E-state index contributed by atoms with van der Waals surface area (Å²) < 4.78 is 10.5. The fraction of sp³-hybridized carbons (Fsp3) is 0.150. The molecular weight excluding hydrogens is 482 g/mol. The molecule has 0 aliphatic carbocycles. The summed E-state index contributed by atoms with van der Waals surface area (Å²) in [5.74, 6) is -0.408. The van der Waals surface area contributed by atoms with Crippen LogP contribution in [0.4, 0.5) is 4.79 Å². The zero-order chi connectivity index (χ0) is 21.0. The lowest BCUT2D eigenvalue weighted by Crippen LogP contribution is -2.27. The third-order valence-corrected chi connectivity index (χ3v) is 5.88. The van der Waals surface area contributed by atoms with Gasteiger partial charge in [0.15, 0.2) is 6.61 Å². The summed E-state index contributed by atoms with van der Waals surface area (Å²) >= 11 is 10.4. The highest BCUT2D eigenvalue weighted by Gasteiger charge is 2.35. The first kappa shape index (κ1) is 21.4. The van der Waals surface area contributed by atoms with Crippen molar-refractivity contribution < 1.29 is 23.9 Å². The second-order valence-electron chi connectivity index (χ2n) is 5.91. The first-order valence-corrected chi connectivity index (χ1v) is 10.4. The molecule has 150 valence electrons. The van der Waals surface area contributed by atoms with Crippen molar-refractivity contribution in [2.24, 2.45) is 0 Å². The van der Waals surface area contributed by atoms with E-state index in [1.54, 1.807) is 48.5 Å². The molecule has 0 spiro atoms. The van der Waals surface area contributed by atoms with Crippen LogP contribution in [0.1, 0.15) is 11.1 Å². The van der Waals surface area contributed by atoms with Crippen molar-refractivity contribution >= 4 is 62.5 Å². The van der Waals surface area contributed by atoms with Crippen molar-refractivity contribution in [3.63, 3.8) is 0 Å². The topological polar surface area (TPSA) is 72.9 Å². The number of benzene rings is 2. The van der Waals surface area contributed by atoms with Crippen LogP contribution in [0.15, 0.2) is 51.8 Å². The Kier molecular flexibility index (Phi) is 7.00. The number of halogens is 2. The van der Waals surface area contributed by atoms with E-state index in [1.807, 2.05) is 0 Å². The molecular formula is C20H15BrClNO5S. The van der Waals surface area contributed by atoms with Crippen LogP contribution in [-0.2, 0) is 20.9 Å². The lowest BCUT2D eigenvalue weighted by Gasteiger charge is -2.13. The second-order valence-corrected chi connectivity index (χ2v) is 8.17. The van der Waals surface area contributed by atoms with Crippen LogP contribution in [-0.4, -0.2) is 35.7 Å². The van der Waals surface area contributed by atoms with Gasteiger partial charge in [0.1, 0.15) is 5.75 Å². The van der Waals surface area contributed by atoms with E-state index in [0.717, 1.165) is 11.8 Å². The van der Waals surface area contributed by atoms with E-state index < -0.39 is 5.97 Å². The van der Waals surface area contributed by atoms with Gasteiger partial charge in [-0.25, -0.2) is 4.79 Å². The van der Waals surface area contributed by atoms with E-state index in [9.17, 15) is 14.4 Å². The molecule has 1 saturated heterocycles. The highest BCUT2D eigenvalue weighted by molar-refractivity contribution is 9.10. The number of methoxy groups -OCH3 is 1. The molecule has 1 fully saturated rings. The van der Waals surface area contributed by atoms with Crippen molar-refractivity contribution in [3.05, 3.63) is 68.0 Å². The van der Waals surface area contributed by atoms with Gasteiger partial charge in [-0.05, 0) is 63.1 Å². The molecule has 0 saturated carbocycles. The number of rotatable bonds is 6. The van der Waals surface area contributed by atoms with Crippen molar-refractivity contribution in [1.29, 1.82) is 0 Å². The lowest BCUT2D eigenvalue weighted by atomic mass is 10.2. The maximum atomic E-state index is 12.7. The maximum Gasteiger partial charge on any atom is 0.343 e. The number of hydrogen-bond donors (Lipinski definition) is 0. The Labute approximate surface area is 184 Å². The number of esters is 1. The number of ether oxygens (including phenoxy) is 2. The molecule has 0 aromatic heterocycles. The molecule has 1 aliphatic rings. The van der Waals surface area contributed by atoms with Crippen LogP contribution in [0.3, 0.4) is 0 Å². The van der Waals surface area contributed by atoms with Gasteiger partial charge in [-0.15, -0.1) is 0 Å². The van der Waals surface area contributed by atoms with E-state index >= 15 is 0 Å². The van der Waals surface area contributed by atoms with Crippen LogP contribution in [0.2, 0.25) is 5.02 Å². The van der Waals surface area contributed by atoms with Crippen LogP contribution in [0, 0.1) is 0 Å². The molecule has 9 heteroatoms. The van der Waals surface area contributed by atoms with E-state index in [1.165, 1.54) is 12.0 Å². The predicted molar refractivity (Wildman–Crippen MR) is 115 cm³/mol. The Morgan fingerprint density at radius 2 is 2.00 bits per heavy atom. The molecule has 0 unspecified atom stereocenters. The minimum absolute atomic E-state index is 0.117. The molecule has 0 atom stereocenters. The number of thioether (sulfide) groups is 1. The van der Waals surface area contributed by atoms with Gasteiger partial charge in [-0.1, -0.05) is 35.9 Å². The number of hydrogen-bond acceptors (Lipinski definition) is 6. The average molecular weight is 497 g/mol. The Morgan fingerprint density at radius 3 is 2.69 bits per heavy atom. The first-order valence-electron chi connectivity index (χ1n) is 8.37. The van der Waals surface area contributed by atoms with E-state index in [0.29, 0.717) is 31.3 Å². The van der Waals surface area contributed by atoms with Crippen LogP contribution < -0.4 is 4.74 Å². The van der Waals surface area contributed by atoms with Gasteiger partial charge in [-0.3, -0.25) is 14.5 Å². The van der Waals surface area contributed by atoms with Gasteiger partial charge in [0, 0.05) is 5.02 Å². The minimum atomic E-state index is -0.492. The summed E-state index contributed by atoms with van der Waals surface area (Å²) in [5, 5.41) is 0.153. The molecule has 0 N–H and O–H groups in total. The Hall–Kier alpha value is -2.29. The van der Waals surface area contributed by atoms with Crippen LogP contribution in [0.25, 0.3) is 6.08 Å². The van der Waals surface area contributed by atoms with Gasteiger partial charge >= 0.3 is 5.97 Å². The number of amides is 2. The highest BCUT2D eigenvalue weighted by Crippen LogP contribution is 2.35. The Balaban J connectivity index is 1.74. The van der Waals surface area contributed by atoms with Crippen LogP contribution >= 0.6 is 39.3 Å². The minimum Gasteiger partial charge on any atom is -0.481 e. The zero-order valence-electron chi connectivity index (χ0n) is 15.2. The standard InChI is InChI=1S/C20H15BrClNO5S/c1-27-18(24)11-28-16-7-6-12(8-14(16)21)9-17-19(25)23(20(26)29-17)10-13-4-2-3-5-15(13)22/h2-9H,10-11H2,1H3/b17-9+. The highest BCUT2D eigenvalue weighted by atomic mass is 79.9. The number of imide groups is 1. The number of carbonyl (C=O) groups excluding carboxylic acids is 3. The summed E-state index contributed by atoms with van der Waals surface area (Å²) in [7, 11) is 1.28. The Bertz CT molecular complexity index is 1010. The molecule has 2 aromatic carbocycles. The average Bonchev–Trinajstić information content (AvgIpc) is 2.96. The normalized spacial score (nSPS) is 15.1. The predicted octanol–water partition coefficient (Wildman–Crippen LogP) is 4.89. The molecule has 0 radical (unpaired) electrons. The summed E-state index contributed by atoms with van der Waals surface area (Å²) in [6.07, 6.45) is 1.63. The third-order valence-electron chi connectivity index (χ3n) is 3.99. The summed E-state index contributed by atoms with van der Waals surface area (Å²) in [6.45, 7) is -0.0962. The molecule has 1 heterocycles. The molecule has 6 nitrogen and oxygen atoms in total. The fourth-order valence-corrected chi connectivity index (χ4v) is 4.05. The van der Waals surface area contributed by atoms with Crippen molar-refractivity contribution in [3.8, 4) is 5.75 Å². The van der Waals surface area contributed by atoms with Crippen molar-refractivity contribution in [1.82, 2.24) is 4.90 Å². The smallest absolute Gasteiger partial charge is 0.343 e. The summed E-state index contributed by atoms with van der Waals surface area (Å²) in [4.78, 5) is 37.7. The van der Waals surface area contributed by atoms with Crippen molar-refractivity contribution in [2.75, 3.05) is 13.7 Å². The lowest BCUT2D eigenvalue weighted by molar-refractivity contribution is -0.142. The van der Waals surface area contributed by atoms with E-state index in [-0.39, 0.29) is 24.3 Å².